The number of thioether (sulfide) groups is 1. The molecule has 5 heteroatoms. The topological polar surface area (TPSA) is 56.5 Å². The Kier molecular flexibility index (Phi) is 4.81. The van der Waals surface area contributed by atoms with Gasteiger partial charge in [0.15, 0.2) is 5.43 Å². The molecule has 0 N–H and O–H groups in total. The second kappa shape index (κ2) is 6.85. The van der Waals surface area contributed by atoms with Crippen LogP contribution in [0.1, 0.15) is 47.0 Å². The quantitative estimate of drug-likeness (QED) is 0.772. The molecular formula is C19H20O4S. The van der Waals surface area contributed by atoms with E-state index in [1.165, 1.54) is 12.7 Å². The van der Waals surface area contributed by atoms with E-state index in [0.29, 0.717) is 22.6 Å². The van der Waals surface area contributed by atoms with Gasteiger partial charge >= 0.3 is 5.97 Å². The fourth-order valence-electron chi connectivity index (χ4n) is 2.88. The zero-order valence-electron chi connectivity index (χ0n) is 14.1. The summed E-state index contributed by atoms with van der Waals surface area (Å²) in [6, 6.07) is 6.28. The van der Waals surface area contributed by atoms with Gasteiger partial charge in [-0.05, 0) is 37.5 Å². The maximum Gasteiger partial charge on any atom is 0.374 e. The van der Waals surface area contributed by atoms with Crippen LogP contribution in [0.15, 0.2) is 32.3 Å². The van der Waals surface area contributed by atoms with Crippen LogP contribution in [-0.4, -0.2) is 13.1 Å². The van der Waals surface area contributed by atoms with Crippen molar-refractivity contribution < 1.29 is 13.9 Å². The van der Waals surface area contributed by atoms with Crippen LogP contribution >= 0.6 is 11.8 Å². The predicted octanol–water partition coefficient (Wildman–Crippen LogP) is 4.35. The fraction of sp³-hybridized carbons (Fsp3) is 0.368. The summed E-state index contributed by atoms with van der Waals surface area (Å²) in [6.07, 6.45) is 3.23. The fourth-order valence-corrected chi connectivity index (χ4v) is 3.91. The first-order chi connectivity index (χ1) is 11.6. The molecule has 4 nitrogen and oxygen atoms in total. The van der Waals surface area contributed by atoms with E-state index >= 15 is 0 Å². The summed E-state index contributed by atoms with van der Waals surface area (Å²) in [5, 5.41) is 0. The summed E-state index contributed by atoms with van der Waals surface area (Å²) in [4.78, 5) is 25.6. The zero-order chi connectivity index (χ0) is 17.3. The van der Waals surface area contributed by atoms with Gasteiger partial charge in [-0.1, -0.05) is 19.4 Å². The van der Waals surface area contributed by atoms with Crippen LogP contribution in [-0.2, 0) is 16.9 Å². The lowest BCUT2D eigenvalue weighted by Crippen LogP contribution is -2.20. The van der Waals surface area contributed by atoms with Crippen molar-refractivity contribution >= 4 is 17.7 Å². The van der Waals surface area contributed by atoms with Crippen molar-refractivity contribution in [1.82, 2.24) is 0 Å². The molecule has 1 aliphatic heterocycles. The molecule has 3 rings (SSSR count). The van der Waals surface area contributed by atoms with Gasteiger partial charge in [0.05, 0.1) is 12.7 Å². The minimum Gasteiger partial charge on any atom is -0.463 e. The number of carbonyl (C=O) groups excluding carboxylic acids is 1. The minimum atomic E-state index is -0.616. The highest BCUT2D eigenvalue weighted by Crippen LogP contribution is 2.41. The minimum absolute atomic E-state index is 0.00180. The number of ether oxygens (including phenoxy) is 1. The molecule has 2 heterocycles. The number of unbranched alkanes of at least 4 members (excludes halogenated alkanes) is 1. The standard InChI is InChI=1S/C19H20O4S/c1-4-5-6-12-7-8-15-13(9-12)18-14(10-24-15)16(20)11(2)17(23-18)19(21)22-3/h7-9H,4-6,10H2,1-3H3. The van der Waals surface area contributed by atoms with E-state index in [-0.39, 0.29) is 11.2 Å². The summed E-state index contributed by atoms with van der Waals surface area (Å²) >= 11 is 1.63. The van der Waals surface area contributed by atoms with Gasteiger partial charge in [0, 0.05) is 21.8 Å². The molecule has 0 aliphatic carbocycles. The number of aryl methyl sites for hydroxylation is 1. The normalized spacial score (nSPS) is 12.5. The maximum absolute atomic E-state index is 12.6. The van der Waals surface area contributed by atoms with Crippen molar-refractivity contribution in [1.29, 1.82) is 0 Å². The SMILES string of the molecule is CCCCc1ccc2c(c1)-c1oc(C(=O)OC)c(C)c(=O)c1CS2. The van der Waals surface area contributed by atoms with E-state index in [4.69, 9.17) is 9.15 Å². The molecule has 1 aromatic heterocycles. The zero-order valence-corrected chi connectivity index (χ0v) is 14.9. The van der Waals surface area contributed by atoms with Crippen molar-refractivity contribution in [2.75, 3.05) is 7.11 Å². The van der Waals surface area contributed by atoms with Gasteiger partial charge in [-0.2, -0.15) is 0 Å². The van der Waals surface area contributed by atoms with Crippen molar-refractivity contribution in [3.05, 3.63) is 50.9 Å². The van der Waals surface area contributed by atoms with E-state index in [1.54, 1.807) is 18.7 Å². The number of hydrogen-bond acceptors (Lipinski definition) is 5. The number of methoxy groups -OCH3 is 1. The summed E-state index contributed by atoms with van der Waals surface area (Å²) in [5.74, 6) is 0.451. The molecular weight excluding hydrogens is 324 g/mol. The van der Waals surface area contributed by atoms with Crippen LogP contribution in [0.5, 0.6) is 0 Å². The van der Waals surface area contributed by atoms with E-state index < -0.39 is 5.97 Å². The van der Waals surface area contributed by atoms with Crippen molar-refractivity contribution in [2.24, 2.45) is 0 Å². The second-order valence-corrected chi connectivity index (χ2v) is 6.92. The Balaban J connectivity index is 2.17. The van der Waals surface area contributed by atoms with E-state index in [0.717, 1.165) is 29.7 Å². The third-order valence-corrected chi connectivity index (χ3v) is 5.38. The van der Waals surface area contributed by atoms with E-state index in [2.05, 4.69) is 25.1 Å². The Labute approximate surface area is 145 Å². The lowest BCUT2D eigenvalue weighted by Gasteiger charge is -2.19. The average molecular weight is 344 g/mol. The number of esters is 1. The van der Waals surface area contributed by atoms with Crippen LogP contribution in [0.3, 0.4) is 0 Å². The Morgan fingerprint density at radius 1 is 1.38 bits per heavy atom. The Morgan fingerprint density at radius 3 is 2.88 bits per heavy atom. The summed E-state index contributed by atoms with van der Waals surface area (Å²) in [6.45, 7) is 3.77. The predicted molar refractivity (Wildman–Crippen MR) is 94.7 cm³/mol. The number of rotatable bonds is 4. The van der Waals surface area contributed by atoms with Crippen LogP contribution in [0.2, 0.25) is 0 Å². The van der Waals surface area contributed by atoms with Gasteiger partial charge in [-0.3, -0.25) is 4.79 Å². The maximum atomic E-state index is 12.6. The lowest BCUT2D eigenvalue weighted by molar-refractivity contribution is 0.0561. The third-order valence-electron chi connectivity index (χ3n) is 4.28. The van der Waals surface area contributed by atoms with Gasteiger partial charge < -0.3 is 9.15 Å². The second-order valence-electron chi connectivity index (χ2n) is 5.91. The van der Waals surface area contributed by atoms with Crippen LogP contribution in [0, 0.1) is 6.92 Å². The average Bonchev–Trinajstić information content (AvgIpc) is 2.61. The number of hydrogen-bond donors (Lipinski definition) is 0. The number of carbonyl (C=O) groups is 1. The molecule has 0 atom stereocenters. The van der Waals surface area contributed by atoms with Crippen molar-refractivity contribution in [3.63, 3.8) is 0 Å². The Bertz CT molecular complexity index is 851. The molecule has 0 spiro atoms. The van der Waals surface area contributed by atoms with Gasteiger partial charge in [0.2, 0.25) is 5.76 Å². The Hall–Kier alpha value is -2.01. The molecule has 0 radical (unpaired) electrons. The molecule has 1 aliphatic rings. The van der Waals surface area contributed by atoms with Crippen LogP contribution < -0.4 is 5.43 Å². The van der Waals surface area contributed by atoms with E-state index in [1.807, 2.05) is 0 Å². The first-order valence-corrected chi connectivity index (χ1v) is 9.06. The van der Waals surface area contributed by atoms with Crippen LogP contribution in [0.25, 0.3) is 11.3 Å². The smallest absolute Gasteiger partial charge is 0.374 e. The monoisotopic (exact) mass is 344 g/mol. The molecule has 0 unspecified atom stereocenters. The molecule has 1 aromatic carbocycles. The molecule has 0 bridgehead atoms. The number of fused-ring (bicyclic) bond motifs is 3. The molecule has 0 saturated carbocycles. The highest BCUT2D eigenvalue weighted by atomic mass is 32.2. The molecule has 0 fully saturated rings. The highest BCUT2D eigenvalue weighted by Gasteiger charge is 2.27. The first kappa shape index (κ1) is 16.8. The number of benzene rings is 1. The molecule has 0 amide bonds. The molecule has 0 saturated heterocycles. The van der Waals surface area contributed by atoms with Gasteiger partial charge in [0.1, 0.15) is 5.76 Å². The Morgan fingerprint density at radius 2 is 2.17 bits per heavy atom. The van der Waals surface area contributed by atoms with Gasteiger partial charge in [-0.15, -0.1) is 11.8 Å². The highest BCUT2D eigenvalue weighted by molar-refractivity contribution is 7.98. The third kappa shape index (κ3) is 2.88. The summed E-state index contributed by atoms with van der Waals surface area (Å²) in [7, 11) is 1.29. The largest absolute Gasteiger partial charge is 0.463 e. The van der Waals surface area contributed by atoms with Crippen molar-refractivity contribution in [2.45, 2.75) is 43.8 Å². The summed E-state index contributed by atoms with van der Waals surface area (Å²) < 4.78 is 10.6. The van der Waals surface area contributed by atoms with Gasteiger partial charge in [-0.25, -0.2) is 4.79 Å². The van der Waals surface area contributed by atoms with Crippen LogP contribution in [0.4, 0.5) is 0 Å². The van der Waals surface area contributed by atoms with Crippen molar-refractivity contribution in [3.8, 4) is 11.3 Å². The molecule has 126 valence electrons. The van der Waals surface area contributed by atoms with E-state index in [9.17, 15) is 9.59 Å². The lowest BCUT2D eigenvalue weighted by atomic mass is 10.0. The molecule has 2 aromatic rings. The summed E-state index contributed by atoms with van der Waals surface area (Å²) in [5.41, 5.74) is 2.93. The first-order valence-electron chi connectivity index (χ1n) is 8.07. The van der Waals surface area contributed by atoms with Gasteiger partial charge in [0.25, 0.3) is 0 Å². The molecule has 24 heavy (non-hydrogen) atoms.